The van der Waals surface area contributed by atoms with Gasteiger partial charge in [0, 0.05) is 29.9 Å². The fraction of sp³-hybridized carbons (Fsp3) is 0.208. The molecule has 0 aliphatic heterocycles. The first-order valence-corrected chi connectivity index (χ1v) is 12.8. The molecule has 1 heterocycles. The number of methoxy groups -OCH3 is 1. The Hall–Kier alpha value is -2.49. The summed E-state index contributed by atoms with van der Waals surface area (Å²) in [6, 6.07) is 18.8. The van der Waals surface area contributed by atoms with Crippen LogP contribution in [0.4, 0.5) is 0 Å². The van der Waals surface area contributed by atoms with Gasteiger partial charge in [-0.3, -0.25) is 0 Å². The highest BCUT2D eigenvalue weighted by Gasteiger charge is 2.12. The van der Waals surface area contributed by atoms with Gasteiger partial charge >= 0.3 is 0 Å². The van der Waals surface area contributed by atoms with Crippen LogP contribution in [-0.4, -0.2) is 39.6 Å². The number of nitrogens with one attached hydrogen (secondary N) is 1. The highest BCUT2D eigenvalue weighted by Crippen LogP contribution is 2.34. The average molecular weight is 551 g/mol. The van der Waals surface area contributed by atoms with Crippen molar-refractivity contribution in [3.05, 3.63) is 86.9 Å². The zero-order valence-electron chi connectivity index (χ0n) is 18.7. The number of hydrogen-bond acceptors (Lipinski definition) is 7. The van der Waals surface area contributed by atoms with E-state index in [4.69, 9.17) is 44.3 Å². The lowest BCUT2D eigenvalue weighted by molar-refractivity contribution is 0.284. The molecule has 4 rings (SSSR count). The van der Waals surface area contributed by atoms with Gasteiger partial charge in [-0.05, 0) is 51.9 Å². The van der Waals surface area contributed by atoms with E-state index < -0.39 is 0 Å². The molecule has 1 aromatic heterocycles. The number of hydrogen-bond donors (Lipinski definition) is 1. The lowest BCUT2D eigenvalue weighted by Gasteiger charge is -2.14. The molecule has 0 atom stereocenters. The number of para-hydroxylation sites is 1. The topological polar surface area (TPSA) is 74.1 Å². The summed E-state index contributed by atoms with van der Waals surface area (Å²) in [6.45, 7) is 1.62. The average Bonchev–Trinajstić information content (AvgIpc) is 3.34. The molecule has 0 amide bonds. The van der Waals surface area contributed by atoms with Gasteiger partial charge in [0.05, 0.1) is 22.8 Å². The van der Waals surface area contributed by atoms with Crippen LogP contribution in [0.3, 0.4) is 0 Å². The van der Waals surface area contributed by atoms with Crippen molar-refractivity contribution in [3.63, 3.8) is 0 Å². The molecule has 0 aliphatic carbocycles. The molecule has 0 saturated heterocycles. The van der Waals surface area contributed by atoms with Gasteiger partial charge in [-0.2, -0.15) is 4.68 Å². The molecule has 4 aromatic rings. The van der Waals surface area contributed by atoms with E-state index in [1.807, 2.05) is 42.5 Å². The third-order valence-corrected chi connectivity index (χ3v) is 6.99. The van der Waals surface area contributed by atoms with E-state index in [0.29, 0.717) is 39.7 Å². The molecule has 35 heavy (non-hydrogen) atoms. The fourth-order valence-electron chi connectivity index (χ4n) is 3.21. The number of thioether (sulfide) groups is 1. The van der Waals surface area contributed by atoms with E-state index in [1.54, 1.807) is 41.8 Å². The Balaban J connectivity index is 1.30. The maximum atomic E-state index is 6.52. The zero-order chi connectivity index (χ0) is 24.6. The first-order chi connectivity index (χ1) is 17.0. The van der Waals surface area contributed by atoms with Crippen molar-refractivity contribution in [2.75, 3.05) is 19.4 Å². The summed E-state index contributed by atoms with van der Waals surface area (Å²) in [5.41, 5.74) is 2.72. The molecule has 7 nitrogen and oxygen atoms in total. The molecular formula is C24H22Cl3N5O2S. The second kappa shape index (κ2) is 12.5. The van der Waals surface area contributed by atoms with Gasteiger partial charge in [0.15, 0.2) is 11.5 Å². The minimum Gasteiger partial charge on any atom is -0.493 e. The smallest absolute Gasteiger partial charge is 0.214 e. The predicted molar refractivity (Wildman–Crippen MR) is 140 cm³/mol. The minimum absolute atomic E-state index is 0.306. The van der Waals surface area contributed by atoms with Crippen LogP contribution in [-0.2, 0) is 13.2 Å². The number of ether oxygens (including phenoxy) is 2. The Kier molecular flexibility index (Phi) is 9.12. The molecule has 0 radical (unpaired) electrons. The molecule has 0 bridgehead atoms. The van der Waals surface area contributed by atoms with Crippen LogP contribution in [0.5, 0.6) is 11.5 Å². The van der Waals surface area contributed by atoms with Crippen molar-refractivity contribution in [1.29, 1.82) is 0 Å². The Morgan fingerprint density at radius 2 is 1.77 bits per heavy atom. The number of aromatic nitrogens is 4. The van der Waals surface area contributed by atoms with Crippen molar-refractivity contribution in [2.24, 2.45) is 0 Å². The fourth-order valence-corrected chi connectivity index (χ4v) is 4.54. The third kappa shape index (κ3) is 6.80. The first-order valence-electron chi connectivity index (χ1n) is 10.7. The SMILES string of the molecule is COc1cc(CNCCSc2nnnn2-c2ccccc2)c(Cl)cc1OCc1ccc(Cl)c(Cl)c1. The zero-order valence-corrected chi connectivity index (χ0v) is 21.8. The minimum atomic E-state index is 0.306. The summed E-state index contributed by atoms with van der Waals surface area (Å²) in [7, 11) is 1.60. The van der Waals surface area contributed by atoms with Crippen LogP contribution >= 0.6 is 46.6 Å². The summed E-state index contributed by atoms with van der Waals surface area (Å²) in [5.74, 6) is 1.94. The molecule has 0 spiro atoms. The first kappa shape index (κ1) is 25.6. The summed E-state index contributed by atoms with van der Waals surface area (Å²) in [6.07, 6.45) is 0. The molecule has 1 N–H and O–H groups in total. The Labute approximate surface area is 222 Å². The van der Waals surface area contributed by atoms with E-state index in [0.717, 1.165) is 34.3 Å². The highest BCUT2D eigenvalue weighted by atomic mass is 35.5. The van der Waals surface area contributed by atoms with Crippen LogP contribution in [0.1, 0.15) is 11.1 Å². The van der Waals surface area contributed by atoms with Crippen LogP contribution in [0.15, 0.2) is 65.8 Å². The van der Waals surface area contributed by atoms with Crippen molar-refractivity contribution in [2.45, 2.75) is 18.3 Å². The van der Waals surface area contributed by atoms with Crippen molar-refractivity contribution in [1.82, 2.24) is 25.5 Å². The molecule has 0 unspecified atom stereocenters. The van der Waals surface area contributed by atoms with Crippen molar-refractivity contribution in [3.8, 4) is 17.2 Å². The molecule has 182 valence electrons. The monoisotopic (exact) mass is 549 g/mol. The maximum absolute atomic E-state index is 6.52. The van der Waals surface area contributed by atoms with E-state index in [2.05, 4.69) is 20.8 Å². The van der Waals surface area contributed by atoms with Gasteiger partial charge in [-0.15, -0.1) is 5.10 Å². The van der Waals surface area contributed by atoms with Gasteiger partial charge in [0.1, 0.15) is 6.61 Å². The normalized spacial score (nSPS) is 11.0. The molecule has 0 aliphatic rings. The van der Waals surface area contributed by atoms with Crippen LogP contribution in [0, 0.1) is 0 Å². The van der Waals surface area contributed by atoms with Crippen LogP contribution < -0.4 is 14.8 Å². The molecular weight excluding hydrogens is 529 g/mol. The Morgan fingerprint density at radius 3 is 2.54 bits per heavy atom. The quantitative estimate of drug-likeness (QED) is 0.179. The summed E-state index contributed by atoms with van der Waals surface area (Å²) in [5, 5.41) is 17.7. The van der Waals surface area contributed by atoms with Crippen LogP contribution in [0.25, 0.3) is 5.69 Å². The summed E-state index contributed by atoms with van der Waals surface area (Å²) >= 11 is 20.2. The lowest BCUT2D eigenvalue weighted by Crippen LogP contribution is -2.17. The third-order valence-electron chi connectivity index (χ3n) is 4.98. The van der Waals surface area contributed by atoms with Crippen molar-refractivity contribution >= 4 is 46.6 Å². The number of halogens is 3. The highest BCUT2D eigenvalue weighted by molar-refractivity contribution is 7.99. The maximum Gasteiger partial charge on any atom is 0.214 e. The Bertz CT molecular complexity index is 1270. The van der Waals surface area contributed by atoms with E-state index in [9.17, 15) is 0 Å². The number of nitrogens with zero attached hydrogens (tertiary/aromatic N) is 4. The standard InChI is InChI=1S/C24H22Cl3N5O2S/c1-33-22-12-17(20(26)13-23(22)34-15-16-7-8-19(25)21(27)11-16)14-28-9-10-35-24-29-30-31-32(24)18-5-3-2-4-6-18/h2-8,11-13,28H,9-10,14-15H2,1H3. The second-order valence-electron chi connectivity index (χ2n) is 7.37. The summed E-state index contributed by atoms with van der Waals surface area (Å²) < 4.78 is 13.2. The van der Waals surface area contributed by atoms with E-state index in [-0.39, 0.29) is 0 Å². The summed E-state index contributed by atoms with van der Waals surface area (Å²) in [4.78, 5) is 0. The molecule has 0 fully saturated rings. The molecule has 3 aromatic carbocycles. The number of benzene rings is 3. The Morgan fingerprint density at radius 1 is 0.943 bits per heavy atom. The number of tetrazole rings is 1. The molecule has 0 saturated carbocycles. The van der Waals surface area contributed by atoms with Crippen molar-refractivity contribution < 1.29 is 9.47 Å². The number of rotatable bonds is 11. The molecule has 11 heteroatoms. The van der Waals surface area contributed by atoms with Crippen LogP contribution in [0.2, 0.25) is 15.1 Å². The van der Waals surface area contributed by atoms with Gasteiger partial charge in [0.2, 0.25) is 5.16 Å². The second-order valence-corrected chi connectivity index (χ2v) is 9.65. The van der Waals surface area contributed by atoms with E-state index in [1.165, 1.54) is 0 Å². The largest absolute Gasteiger partial charge is 0.493 e. The lowest BCUT2D eigenvalue weighted by atomic mass is 10.2. The van der Waals surface area contributed by atoms with Gasteiger partial charge < -0.3 is 14.8 Å². The van der Waals surface area contributed by atoms with Gasteiger partial charge in [-0.25, -0.2) is 0 Å². The predicted octanol–water partition coefficient (Wildman–Crippen LogP) is 6.09. The van der Waals surface area contributed by atoms with Gasteiger partial charge in [-0.1, -0.05) is 70.8 Å². The van der Waals surface area contributed by atoms with E-state index >= 15 is 0 Å². The van der Waals surface area contributed by atoms with Gasteiger partial charge in [0.25, 0.3) is 0 Å².